The van der Waals surface area contributed by atoms with Crippen molar-refractivity contribution in [2.24, 2.45) is 5.73 Å². The highest BCUT2D eigenvalue weighted by molar-refractivity contribution is 6.25. The van der Waals surface area contributed by atoms with Crippen LogP contribution in [0.2, 0.25) is 0 Å². The summed E-state index contributed by atoms with van der Waals surface area (Å²) in [5, 5.41) is 1.49. The van der Waals surface area contributed by atoms with Crippen LogP contribution in [0.15, 0.2) is 30.3 Å². The second kappa shape index (κ2) is 4.07. The third-order valence-electron chi connectivity index (χ3n) is 3.30. The summed E-state index contributed by atoms with van der Waals surface area (Å²) in [5.41, 5.74) is 12.8. The maximum absolute atomic E-state index is 12.3. The van der Waals surface area contributed by atoms with E-state index in [9.17, 15) is 9.59 Å². The first-order valence-electron chi connectivity index (χ1n) is 6.02. The Hall–Kier alpha value is -2.40. The van der Waals surface area contributed by atoms with Gasteiger partial charge in [0, 0.05) is 29.7 Å². The molecule has 0 atom stereocenters. The van der Waals surface area contributed by atoms with Crippen LogP contribution in [0.5, 0.6) is 0 Å². The summed E-state index contributed by atoms with van der Waals surface area (Å²) < 4.78 is 0. The molecule has 19 heavy (non-hydrogen) atoms. The monoisotopic (exact) mass is 255 g/mol. The van der Waals surface area contributed by atoms with E-state index in [-0.39, 0.29) is 24.9 Å². The summed E-state index contributed by atoms with van der Waals surface area (Å²) in [6.45, 7) is 0.452. The highest BCUT2D eigenvalue weighted by Crippen LogP contribution is 2.31. The molecule has 0 radical (unpaired) electrons. The molecular weight excluding hydrogens is 242 g/mol. The van der Waals surface area contributed by atoms with Crippen LogP contribution in [0.25, 0.3) is 10.8 Å². The zero-order chi connectivity index (χ0) is 13.6. The van der Waals surface area contributed by atoms with Crippen LogP contribution < -0.4 is 11.5 Å². The summed E-state index contributed by atoms with van der Waals surface area (Å²) in [4.78, 5) is 25.8. The van der Waals surface area contributed by atoms with Gasteiger partial charge < -0.3 is 11.5 Å². The van der Waals surface area contributed by atoms with Crippen molar-refractivity contribution in [2.45, 2.75) is 0 Å². The molecular formula is C14H13N3O2. The average molecular weight is 255 g/mol. The molecule has 3 rings (SSSR count). The fourth-order valence-electron chi connectivity index (χ4n) is 2.51. The number of hydrogen-bond acceptors (Lipinski definition) is 4. The Morgan fingerprint density at radius 2 is 1.79 bits per heavy atom. The number of hydrogen-bond donors (Lipinski definition) is 2. The smallest absolute Gasteiger partial charge is 0.261 e. The molecule has 0 aliphatic carbocycles. The second-order valence-electron chi connectivity index (χ2n) is 4.52. The molecule has 1 heterocycles. The maximum atomic E-state index is 12.3. The van der Waals surface area contributed by atoms with Crippen LogP contribution in [-0.4, -0.2) is 29.8 Å². The number of imide groups is 1. The van der Waals surface area contributed by atoms with Crippen LogP contribution in [0.3, 0.4) is 0 Å². The maximum Gasteiger partial charge on any atom is 0.261 e. The van der Waals surface area contributed by atoms with E-state index in [0.29, 0.717) is 22.2 Å². The Kier molecular flexibility index (Phi) is 2.50. The molecule has 96 valence electrons. The topological polar surface area (TPSA) is 89.4 Å². The fraction of sp³-hybridized carbons (Fsp3) is 0.143. The average Bonchev–Trinajstić information content (AvgIpc) is 2.40. The molecule has 2 aromatic rings. The van der Waals surface area contributed by atoms with Gasteiger partial charge in [-0.1, -0.05) is 12.1 Å². The summed E-state index contributed by atoms with van der Waals surface area (Å²) in [6.07, 6.45) is 0. The van der Waals surface area contributed by atoms with E-state index in [1.165, 1.54) is 4.90 Å². The molecule has 0 saturated heterocycles. The molecule has 5 nitrogen and oxygen atoms in total. The van der Waals surface area contributed by atoms with Crippen LogP contribution >= 0.6 is 0 Å². The van der Waals surface area contributed by atoms with Gasteiger partial charge in [-0.15, -0.1) is 0 Å². The Balaban J connectivity index is 2.35. The number of amides is 2. The minimum atomic E-state index is -0.327. The molecule has 2 amide bonds. The number of nitrogens with zero attached hydrogens (tertiary/aromatic N) is 1. The largest absolute Gasteiger partial charge is 0.399 e. The Bertz CT molecular complexity index is 709. The SMILES string of the molecule is NCCN1C(=O)c2cccc3cc(N)cc(c23)C1=O. The van der Waals surface area contributed by atoms with Crippen molar-refractivity contribution < 1.29 is 9.59 Å². The third kappa shape index (κ3) is 1.59. The molecule has 1 aliphatic rings. The molecule has 0 unspecified atom stereocenters. The van der Waals surface area contributed by atoms with Crippen LogP contribution in [0.1, 0.15) is 20.7 Å². The van der Waals surface area contributed by atoms with E-state index in [4.69, 9.17) is 11.5 Å². The summed E-state index contributed by atoms with van der Waals surface area (Å²) in [7, 11) is 0. The predicted octanol–water partition coefficient (Wildman–Crippen LogP) is 0.977. The molecule has 0 fully saturated rings. The van der Waals surface area contributed by atoms with Gasteiger partial charge in [0.1, 0.15) is 0 Å². The van der Waals surface area contributed by atoms with Crippen molar-refractivity contribution in [1.29, 1.82) is 0 Å². The van der Waals surface area contributed by atoms with Crippen molar-refractivity contribution in [3.8, 4) is 0 Å². The lowest BCUT2D eigenvalue weighted by Crippen LogP contribution is -2.43. The van der Waals surface area contributed by atoms with Gasteiger partial charge in [-0.25, -0.2) is 0 Å². The molecule has 0 spiro atoms. The van der Waals surface area contributed by atoms with Crippen molar-refractivity contribution in [3.05, 3.63) is 41.5 Å². The molecule has 0 bridgehead atoms. The first kappa shape index (κ1) is 11.7. The summed E-state index contributed by atoms with van der Waals surface area (Å²) in [5.74, 6) is -0.621. The van der Waals surface area contributed by atoms with Crippen LogP contribution in [-0.2, 0) is 0 Å². The van der Waals surface area contributed by atoms with Crippen LogP contribution in [0, 0.1) is 0 Å². The molecule has 4 N–H and O–H groups in total. The van der Waals surface area contributed by atoms with E-state index >= 15 is 0 Å². The second-order valence-corrected chi connectivity index (χ2v) is 4.52. The number of carbonyl (C=O) groups excluding carboxylic acids is 2. The van der Waals surface area contributed by atoms with Gasteiger partial charge in [-0.3, -0.25) is 14.5 Å². The number of anilines is 1. The lowest BCUT2D eigenvalue weighted by molar-refractivity contribution is 0.0615. The molecule has 0 saturated carbocycles. The highest BCUT2D eigenvalue weighted by Gasteiger charge is 2.32. The van der Waals surface area contributed by atoms with Crippen molar-refractivity contribution in [3.63, 3.8) is 0 Å². The van der Waals surface area contributed by atoms with E-state index in [1.54, 1.807) is 24.3 Å². The third-order valence-corrected chi connectivity index (χ3v) is 3.30. The number of nitrogen functional groups attached to an aromatic ring is 1. The van der Waals surface area contributed by atoms with Gasteiger partial charge in [0.15, 0.2) is 0 Å². The number of carbonyl (C=O) groups is 2. The first-order valence-corrected chi connectivity index (χ1v) is 6.02. The zero-order valence-electron chi connectivity index (χ0n) is 10.2. The van der Waals surface area contributed by atoms with Gasteiger partial charge in [-0.05, 0) is 23.6 Å². The molecule has 5 heteroatoms. The zero-order valence-corrected chi connectivity index (χ0v) is 10.2. The van der Waals surface area contributed by atoms with Gasteiger partial charge >= 0.3 is 0 Å². The Labute approximate surface area is 109 Å². The number of benzene rings is 2. The van der Waals surface area contributed by atoms with E-state index < -0.39 is 0 Å². The van der Waals surface area contributed by atoms with Gasteiger partial charge in [0.05, 0.1) is 5.56 Å². The van der Waals surface area contributed by atoms with Gasteiger partial charge in [0.2, 0.25) is 0 Å². The molecule has 2 aromatic carbocycles. The standard InChI is InChI=1S/C14H13N3O2/c15-4-5-17-13(18)10-3-1-2-8-6-9(16)7-11(12(8)10)14(17)19/h1-3,6-7H,4-5,15-16H2. The predicted molar refractivity (Wildman–Crippen MR) is 72.8 cm³/mol. The fourth-order valence-corrected chi connectivity index (χ4v) is 2.51. The van der Waals surface area contributed by atoms with Crippen molar-refractivity contribution in [1.82, 2.24) is 4.90 Å². The van der Waals surface area contributed by atoms with E-state index in [0.717, 1.165) is 5.39 Å². The summed E-state index contributed by atoms with van der Waals surface area (Å²) in [6, 6.07) is 8.74. The minimum Gasteiger partial charge on any atom is -0.399 e. The van der Waals surface area contributed by atoms with Crippen LogP contribution in [0.4, 0.5) is 5.69 Å². The number of nitrogens with two attached hydrogens (primary N) is 2. The lowest BCUT2D eigenvalue weighted by atomic mass is 9.93. The van der Waals surface area contributed by atoms with Crippen molar-refractivity contribution in [2.75, 3.05) is 18.8 Å². The highest BCUT2D eigenvalue weighted by atomic mass is 16.2. The lowest BCUT2D eigenvalue weighted by Gasteiger charge is -2.26. The number of rotatable bonds is 2. The van der Waals surface area contributed by atoms with Crippen molar-refractivity contribution >= 4 is 28.3 Å². The van der Waals surface area contributed by atoms with Gasteiger partial charge in [-0.2, -0.15) is 0 Å². The first-order chi connectivity index (χ1) is 9.13. The summed E-state index contributed by atoms with van der Waals surface area (Å²) >= 11 is 0. The molecule has 1 aliphatic heterocycles. The minimum absolute atomic E-state index is 0.211. The quantitative estimate of drug-likeness (QED) is 0.618. The normalized spacial score (nSPS) is 14.3. The van der Waals surface area contributed by atoms with Gasteiger partial charge in [0.25, 0.3) is 11.8 Å². The Morgan fingerprint density at radius 1 is 1.05 bits per heavy atom. The molecule has 0 aromatic heterocycles. The van der Waals surface area contributed by atoms with E-state index in [2.05, 4.69) is 0 Å². The van der Waals surface area contributed by atoms with E-state index in [1.807, 2.05) is 6.07 Å². The Morgan fingerprint density at radius 3 is 2.53 bits per heavy atom.